The fourth-order valence-electron chi connectivity index (χ4n) is 1.71. The Bertz CT molecular complexity index is 493. The number of pyridine rings is 1. The van der Waals surface area contributed by atoms with E-state index in [1.807, 2.05) is 19.9 Å². The van der Waals surface area contributed by atoms with E-state index in [1.165, 1.54) is 0 Å². The maximum absolute atomic E-state index is 12.8. The number of anilines is 2. The number of rotatable bonds is 5. The molecule has 0 radical (unpaired) electrons. The van der Waals surface area contributed by atoms with Crippen molar-refractivity contribution in [2.24, 2.45) is 5.84 Å². The van der Waals surface area contributed by atoms with Crippen LogP contribution in [-0.4, -0.2) is 17.6 Å². The summed E-state index contributed by atoms with van der Waals surface area (Å²) in [4.78, 5) is 5.64. The molecule has 0 saturated carbocycles. The highest BCUT2D eigenvalue weighted by atomic mass is 19.4. The predicted octanol–water partition coefficient (Wildman–Crippen LogP) is 2.51. The van der Waals surface area contributed by atoms with Crippen LogP contribution < -0.4 is 16.2 Å². The van der Waals surface area contributed by atoms with Crippen molar-refractivity contribution in [2.45, 2.75) is 32.5 Å². The van der Waals surface area contributed by atoms with Crippen molar-refractivity contribution in [3.05, 3.63) is 17.7 Å². The molecule has 1 aromatic heterocycles. The van der Waals surface area contributed by atoms with Gasteiger partial charge >= 0.3 is 6.18 Å². The fraction of sp³-hybridized carbons (Fsp3) is 0.500. The number of nitrogens with two attached hydrogens (primary N) is 1. The van der Waals surface area contributed by atoms with Gasteiger partial charge in [0.25, 0.3) is 0 Å². The Hall–Kier alpha value is -2.01. The van der Waals surface area contributed by atoms with Crippen LogP contribution in [0.15, 0.2) is 12.1 Å². The van der Waals surface area contributed by atoms with Crippen LogP contribution in [0.2, 0.25) is 0 Å². The van der Waals surface area contributed by atoms with Crippen LogP contribution in [0.25, 0.3) is 0 Å². The van der Waals surface area contributed by atoms with Crippen molar-refractivity contribution in [1.29, 1.82) is 5.26 Å². The molecular formula is C12H16F3N5. The van der Waals surface area contributed by atoms with Gasteiger partial charge in [0.05, 0.1) is 18.1 Å². The Morgan fingerprint density at radius 1 is 1.45 bits per heavy atom. The van der Waals surface area contributed by atoms with Gasteiger partial charge in [-0.3, -0.25) is 0 Å². The quantitative estimate of drug-likeness (QED) is 0.642. The zero-order chi connectivity index (χ0) is 15.3. The lowest BCUT2D eigenvalue weighted by molar-refractivity contribution is -0.137. The number of aromatic nitrogens is 1. The van der Waals surface area contributed by atoms with Crippen LogP contribution >= 0.6 is 0 Å². The van der Waals surface area contributed by atoms with E-state index in [2.05, 4.69) is 10.4 Å². The van der Waals surface area contributed by atoms with Gasteiger partial charge in [0.15, 0.2) is 0 Å². The van der Waals surface area contributed by atoms with Crippen molar-refractivity contribution >= 4 is 11.6 Å². The molecule has 1 heterocycles. The molecule has 1 rings (SSSR count). The summed E-state index contributed by atoms with van der Waals surface area (Å²) in [6, 6.07) is 3.67. The topological polar surface area (TPSA) is 78.0 Å². The molecule has 0 aliphatic rings. The first kappa shape index (κ1) is 16.0. The van der Waals surface area contributed by atoms with Crippen LogP contribution in [0.5, 0.6) is 0 Å². The third-order valence-corrected chi connectivity index (χ3v) is 2.67. The molecular weight excluding hydrogens is 271 g/mol. The number of nitrogens with one attached hydrogen (secondary N) is 1. The Morgan fingerprint density at radius 3 is 2.55 bits per heavy atom. The molecule has 0 amide bonds. The van der Waals surface area contributed by atoms with Crippen LogP contribution in [0.1, 0.15) is 25.8 Å². The Balaban J connectivity index is 3.24. The van der Waals surface area contributed by atoms with Crippen LogP contribution in [-0.2, 0) is 6.18 Å². The molecule has 0 aromatic carbocycles. The summed E-state index contributed by atoms with van der Waals surface area (Å²) in [5, 5.41) is 8.62. The second-order valence-electron chi connectivity index (χ2n) is 4.44. The molecule has 3 N–H and O–H groups in total. The smallest absolute Gasteiger partial charge is 0.353 e. The standard InChI is InChI=1S/C12H16F3N5/c1-8(2)20(5-3-4-16)11-7-9(12(13,14)15)6-10(18-11)19-17/h6-8H,3,5,17H2,1-2H3,(H,18,19). The second kappa shape index (κ2) is 6.43. The van der Waals surface area contributed by atoms with Gasteiger partial charge in [-0.15, -0.1) is 0 Å². The first-order valence-electron chi connectivity index (χ1n) is 5.99. The minimum Gasteiger partial charge on any atom is -0.353 e. The minimum atomic E-state index is -4.48. The lowest BCUT2D eigenvalue weighted by atomic mass is 10.2. The Labute approximate surface area is 115 Å². The summed E-state index contributed by atoms with van der Waals surface area (Å²) in [5.41, 5.74) is 1.29. The first-order valence-corrected chi connectivity index (χ1v) is 5.99. The largest absolute Gasteiger partial charge is 0.416 e. The fourth-order valence-corrected chi connectivity index (χ4v) is 1.71. The molecule has 1 aromatic rings. The van der Waals surface area contributed by atoms with Gasteiger partial charge in [-0.2, -0.15) is 18.4 Å². The average molecular weight is 287 g/mol. The zero-order valence-electron chi connectivity index (χ0n) is 11.2. The first-order chi connectivity index (χ1) is 9.29. The summed E-state index contributed by atoms with van der Waals surface area (Å²) >= 11 is 0. The highest BCUT2D eigenvalue weighted by molar-refractivity contribution is 5.51. The molecule has 0 aliphatic carbocycles. The van der Waals surface area contributed by atoms with Crippen LogP contribution in [0.3, 0.4) is 0 Å². The molecule has 0 fully saturated rings. The summed E-state index contributed by atoms with van der Waals surface area (Å²) in [5.74, 6) is 5.22. The number of nitriles is 1. The summed E-state index contributed by atoms with van der Waals surface area (Å²) in [6.07, 6.45) is -4.29. The van der Waals surface area contributed by atoms with Crippen molar-refractivity contribution in [1.82, 2.24) is 4.98 Å². The number of hydrazine groups is 1. The molecule has 0 spiro atoms. The van der Waals surface area contributed by atoms with Crippen molar-refractivity contribution in [2.75, 3.05) is 16.9 Å². The minimum absolute atomic E-state index is 0.0718. The molecule has 0 unspecified atom stereocenters. The molecule has 0 atom stereocenters. The van der Waals surface area contributed by atoms with E-state index < -0.39 is 11.7 Å². The van der Waals surface area contributed by atoms with E-state index >= 15 is 0 Å². The molecule has 5 nitrogen and oxygen atoms in total. The third kappa shape index (κ3) is 3.99. The monoisotopic (exact) mass is 287 g/mol. The number of nitrogen functional groups attached to an aromatic ring is 1. The maximum atomic E-state index is 12.8. The number of halogens is 3. The average Bonchev–Trinajstić information content (AvgIpc) is 2.37. The van der Waals surface area contributed by atoms with E-state index in [4.69, 9.17) is 11.1 Å². The number of hydrogen-bond donors (Lipinski definition) is 2. The SMILES string of the molecule is CC(C)N(CCC#N)c1cc(C(F)(F)F)cc(NN)n1. The van der Waals surface area contributed by atoms with Gasteiger partial charge in [0.1, 0.15) is 11.6 Å². The molecule has 20 heavy (non-hydrogen) atoms. The van der Waals surface area contributed by atoms with E-state index in [-0.39, 0.29) is 24.1 Å². The molecule has 110 valence electrons. The third-order valence-electron chi connectivity index (χ3n) is 2.67. The molecule has 0 saturated heterocycles. The molecule has 0 bridgehead atoms. The Morgan fingerprint density at radius 2 is 2.10 bits per heavy atom. The highest BCUT2D eigenvalue weighted by Crippen LogP contribution is 2.33. The van der Waals surface area contributed by atoms with E-state index in [0.29, 0.717) is 6.54 Å². The van der Waals surface area contributed by atoms with Gasteiger partial charge in [0.2, 0.25) is 0 Å². The van der Waals surface area contributed by atoms with Gasteiger partial charge < -0.3 is 10.3 Å². The van der Waals surface area contributed by atoms with Gasteiger partial charge in [-0.05, 0) is 26.0 Å². The maximum Gasteiger partial charge on any atom is 0.416 e. The summed E-state index contributed by atoms with van der Waals surface area (Å²) in [7, 11) is 0. The highest BCUT2D eigenvalue weighted by Gasteiger charge is 2.32. The summed E-state index contributed by atoms with van der Waals surface area (Å²) in [6.45, 7) is 3.93. The lowest BCUT2D eigenvalue weighted by Crippen LogP contribution is -2.33. The van der Waals surface area contributed by atoms with Gasteiger partial charge in [-0.1, -0.05) is 0 Å². The van der Waals surface area contributed by atoms with Crippen LogP contribution in [0.4, 0.5) is 24.8 Å². The van der Waals surface area contributed by atoms with Crippen LogP contribution in [0, 0.1) is 11.3 Å². The normalized spacial score (nSPS) is 11.3. The molecule has 8 heteroatoms. The Kier molecular flexibility index (Phi) is 5.16. The number of nitrogens with zero attached hydrogens (tertiary/aromatic N) is 3. The van der Waals surface area contributed by atoms with Crippen molar-refractivity contribution in [3.8, 4) is 6.07 Å². The van der Waals surface area contributed by atoms with Crippen molar-refractivity contribution in [3.63, 3.8) is 0 Å². The second-order valence-corrected chi connectivity index (χ2v) is 4.44. The lowest BCUT2D eigenvalue weighted by Gasteiger charge is -2.28. The zero-order valence-corrected chi connectivity index (χ0v) is 11.2. The molecule has 0 aliphatic heterocycles. The predicted molar refractivity (Wildman–Crippen MR) is 69.8 cm³/mol. The van der Waals surface area contributed by atoms with Gasteiger partial charge in [-0.25, -0.2) is 10.8 Å². The van der Waals surface area contributed by atoms with Gasteiger partial charge in [0, 0.05) is 12.6 Å². The van der Waals surface area contributed by atoms with E-state index in [0.717, 1.165) is 12.1 Å². The number of alkyl halides is 3. The number of hydrogen-bond acceptors (Lipinski definition) is 5. The van der Waals surface area contributed by atoms with Crippen molar-refractivity contribution < 1.29 is 13.2 Å². The van der Waals surface area contributed by atoms with E-state index in [9.17, 15) is 13.2 Å². The summed E-state index contributed by atoms with van der Waals surface area (Å²) < 4.78 is 38.5. The van der Waals surface area contributed by atoms with E-state index in [1.54, 1.807) is 4.90 Å².